The lowest BCUT2D eigenvalue weighted by Crippen LogP contribution is -2.27. The predicted molar refractivity (Wildman–Crippen MR) is 79.2 cm³/mol. The number of amides is 1. The van der Waals surface area contributed by atoms with E-state index in [1.165, 1.54) is 19.2 Å². The number of carbonyl (C=O) groups excluding carboxylic acids is 2. The van der Waals surface area contributed by atoms with Gasteiger partial charge in [-0.15, -0.1) is 0 Å². The van der Waals surface area contributed by atoms with Crippen molar-refractivity contribution in [2.24, 2.45) is 0 Å². The summed E-state index contributed by atoms with van der Waals surface area (Å²) in [7, 11) is 1.29. The Morgan fingerprint density at radius 3 is 2.65 bits per heavy atom. The third kappa shape index (κ3) is 5.19. The number of benzene rings is 1. The molecule has 0 radical (unpaired) electrons. The number of carbonyl (C=O) groups is 2. The number of esters is 1. The van der Waals surface area contributed by atoms with E-state index in [0.717, 1.165) is 0 Å². The smallest absolute Gasteiger partial charge is 0.339 e. The third-order valence-corrected chi connectivity index (χ3v) is 2.80. The fourth-order valence-corrected chi connectivity index (χ4v) is 1.77. The molecule has 0 unspecified atom stereocenters. The minimum absolute atomic E-state index is 0.189. The number of halogens is 1. The Bertz CT molecular complexity index is 489. The Balaban J connectivity index is 2.72. The van der Waals surface area contributed by atoms with Gasteiger partial charge in [0.2, 0.25) is 5.91 Å². The van der Waals surface area contributed by atoms with Crippen LogP contribution in [0.5, 0.6) is 0 Å². The number of methoxy groups -OCH3 is 1. The van der Waals surface area contributed by atoms with Gasteiger partial charge in [0, 0.05) is 24.0 Å². The first-order chi connectivity index (χ1) is 9.43. The molecule has 0 aromatic heterocycles. The van der Waals surface area contributed by atoms with Crippen LogP contribution >= 0.6 is 11.6 Å². The molecule has 6 heteroatoms. The SMILES string of the molecule is COC(=O)c1ccc(Cl)cc1NC(=O)CCNC(C)C. The minimum atomic E-state index is -0.516. The van der Waals surface area contributed by atoms with Gasteiger partial charge in [0.05, 0.1) is 18.4 Å². The number of hydrogen-bond donors (Lipinski definition) is 2. The van der Waals surface area contributed by atoms with Crippen LogP contribution in [0.25, 0.3) is 0 Å². The van der Waals surface area contributed by atoms with Crippen molar-refractivity contribution in [3.63, 3.8) is 0 Å². The molecule has 0 atom stereocenters. The molecule has 0 aliphatic rings. The lowest BCUT2D eigenvalue weighted by Gasteiger charge is -2.11. The van der Waals surface area contributed by atoms with Crippen molar-refractivity contribution in [2.75, 3.05) is 19.0 Å². The lowest BCUT2D eigenvalue weighted by molar-refractivity contribution is -0.116. The molecule has 0 bridgehead atoms. The first-order valence-electron chi connectivity index (χ1n) is 6.35. The van der Waals surface area contributed by atoms with Crippen LogP contribution in [0, 0.1) is 0 Å². The fourth-order valence-electron chi connectivity index (χ4n) is 1.59. The normalized spacial score (nSPS) is 10.4. The minimum Gasteiger partial charge on any atom is -0.465 e. The van der Waals surface area contributed by atoms with E-state index < -0.39 is 5.97 Å². The van der Waals surface area contributed by atoms with Crippen LogP contribution in [0.3, 0.4) is 0 Å². The Morgan fingerprint density at radius 2 is 2.05 bits per heavy atom. The second-order valence-electron chi connectivity index (χ2n) is 4.59. The predicted octanol–water partition coefficient (Wildman–Crippen LogP) is 2.45. The van der Waals surface area contributed by atoms with Crippen LogP contribution in [-0.2, 0) is 9.53 Å². The van der Waals surface area contributed by atoms with E-state index in [4.69, 9.17) is 11.6 Å². The van der Waals surface area contributed by atoms with Gasteiger partial charge in [-0.3, -0.25) is 4.79 Å². The molecule has 0 spiro atoms. The molecule has 0 saturated carbocycles. The Kier molecular flexibility index (Phi) is 6.48. The molecule has 0 heterocycles. The summed E-state index contributed by atoms with van der Waals surface area (Å²) in [6.07, 6.45) is 0.311. The van der Waals surface area contributed by atoms with Gasteiger partial charge in [0.1, 0.15) is 0 Å². The molecule has 0 saturated heterocycles. The number of ether oxygens (including phenoxy) is 1. The molecular formula is C14H19ClN2O3. The number of hydrogen-bond acceptors (Lipinski definition) is 4. The highest BCUT2D eigenvalue weighted by Crippen LogP contribution is 2.22. The molecule has 1 aromatic rings. The van der Waals surface area contributed by atoms with Crippen LogP contribution in [-0.4, -0.2) is 31.6 Å². The molecule has 110 valence electrons. The van der Waals surface area contributed by atoms with E-state index in [1.807, 2.05) is 13.8 Å². The van der Waals surface area contributed by atoms with Gasteiger partial charge in [0.25, 0.3) is 0 Å². The maximum absolute atomic E-state index is 11.8. The molecule has 1 aromatic carbocycles. The standard InChI is InChI=1S/C14H19ClN2O3/c1-9(2)16-7-6-13(18)17-12-8-10(15)4-5-11(12)14(19)20-3/h4-5,8-9,16H,6-7H2,1-3H3,(H,17,18). The molecular weight excluding hydrogens is 280 g/mol. The Labute approximate surface area is 123 Å². The largest absolute Gasteiger partial charge is 0.465 e. The van der Waals surface area contributed by atoms with Crippen molar-refractivity contribution in [1.29, 1.82) is 0 Å². The average molecular weight is 299 g/mol. The highest BCUT2D eigenvalue weighted by Gasteiger charge is 2.14. The van der Waals surface area contributed by atoms with E-state index in [9.17, 15) is 9.59 Å². The van der Waals surface area contributed by atoms with Crippen molar-refractivity contribution >= 4 is 29.2 Å². The van der Waals surface area contributed by atoms with Crippen molar-refractivity contribution in [2.45, 2.75) is 26.3 Å². The maximum Gasteiger partial charge on any atom is 0.339 e. The summed E-state index contributed by atoms with van der Waals surface area (Å²) in [5.74, 6) is -0.706. The van der Waals surface area contributed by atoms with Gasteiger partial charge in [0.15, 0.2) is 0 Å². The summed E-state index contributed by atoms with van der Waals surface area (Å²) >= 11 is 5.88. The second kappa shape index (κ2) is 7.87. The van der Waals surface area contributed by atoms with Gasteiger partial charge in [-0.25, -0.2) is 4.79 Å². The molecule has 1 rings (SSSR count). The molecule has 20 heavy (non-hydrogen) atoms. The van der Waals surface area contributed by atoms with Crippen LogP contribution < -0.4 is 10.6 Å². The quantitative estimate of drug-likeness (QED) is 0.792. The average Bonchev–Trinajstić information content (AvgIpc) is 2.37. The summed E-state index contributed by atoms with van der Waals surface area (Å²) in [5.41, 5.74) is 0.640. The van der Waals surface area contributed by atoms with Crippen LogP contribution in [0.1, 0.15) is 30.6 Å². The van der Waals surface area contributed by atoms with Crippen LogP contribution in [0.2, 0.25) is 5.02 Å². The maximum atomic E-state index is 11.8. The summed E-state index contributed by atoms with van der Waals surface area (Å²) in [6.45, 7) is 4.58. The van der Waals surface area contributed by atoms with E-state index in [2.05, 4.69) is 15.4 Å². The summed E-state index contributed by atoms with van der Waals surface area (Å²) in [5, 5.41) is 6.26. The van der Waals surface area contributed by atoms with E-state index in [0.29, 0.717) is 29.7 Å². The Morgan fingerprint density at radius 1 is 1.35 bits per heavy atom. The topological polar surface area (TPSA) is 67.4 Å². The van der Waals surface area contributed by atoms with Crippen LogP contribution in [0.15, 0.2) is 18.2 Å². The number of rotatable bonds is 6. The zero-order valence-corrected chi connectivity index (χ0v) is 12.6. The molecule has 0 aliphatic carbocycles. The zero-order valence-electron chi connectivity index (χ0n) is 11.8. The van der Waals surface area contributed by atoms with E-state index in [1.54, 1.807) is 6.07 Å². The molecule has 0 aliphatic heterocycles. The lowest BCUT2D eigenvalue weighted by atomic mass is 10.1. The summed E-state index contributed by atoms with van der Waals surface area (Å²) < 4.78 is 4.67. The molecule has 0 fully saturated rings. The van der Waals surface area contributed by atoms with Crippen molar-refractivity contribution in [3.05, 3.63) is 28.8 Å². The monoisotopic (exact) mass is 298 g/mol. The highest BCUT2D eigenvalue weighted by molar-refractivity contribution is 6.31. The number of anilines is 1. The van der Waals surface area contributed by atoms with Crippen LogP contribution in [0.4, 0.5) is 5.69 Å². The van der Waals surface area contributed by atoms with Gasteiger partial charge in [-0.05, 0) is 18.2 Å². The van der Waals surface area contributed by atoms with E-state index >= 15 is 0 Å². The summed E-state index contributed by atoms with van der Waals surface area (Å²) in [4.78, 5) is 23.4. The molecule has 5 nitrogen and oxygen atoms in total. The van der Waals surface area contributed by atoms with Crippen molar-refractivity contribution in [1.82, 2.24) is 5.32 Å². The van der Waals surface area contributed by atoms with Gasteiger partial charge in [-0.1, -0.05) is 25.4 Å². The second-order valence-corrected chi connectivity index (χ2v) is 5.02. The number of nitrogens with one attached hydrogen (secondary N) is 2. The highest BCUT2D eigenvalue weighted by atomic mass is 35.5. The molecule has 1 amide bonds. The van der Waals surface area contributed by atoms with E-state index in [-0.39, 0.29) is 11.5 Å². The first kappa shape index (κ1) is 16.5. The van der Waals surface area contributed by atoms with Gasteiger partial charge in [-0.2, -0.15) is 0 Å². The first-order valence-corrected chi connectivity index (χ1v) is 6.73. The van der Waals surface area contributed by atoms with Crippen molar-refractivity contribution in [3.8, 4) is 0 Å². The fraction of sp³-hybridized carbons (Fsp3) is 0.429. The summed E-state index contributed by atoms with van der Waals surface area (Å²) in [6, 6.07) is 4.95. The van der Waals surface area contributed by atoms with Gasteiger partial charge < -0.3 is 15.4 Å². The Hall–Kier alpha value is -1.59. The third-order valence-electron chi connectivity index (χ3n) is 2.57. The van der Waals surface area contributed by atoms with Crippen molar-refractivity contribution < 1.29 is 14.3 Å². The van der Waals surface area contributed by atoms with Gasteiger partial charge >= 0.3 is 5.97 Å². The zero-order chi connectivity index (χ0) is 15.1. The molecule has 2 N–H and O–H groups in total.